The molecular weight excluding hydrogens is 288 g/mol. The number of hydrogen-bond acceptors (Lipinski definition) is 5. The van der Waals surface area contributed by atoms with Crippen molar-refractivity contribution in [2.75, 3.05) is 18.1 Å². The smallest absolute Gasteiger partial charge is 0.150 e. The molecule has 2 atom stereocenters. The normalized spacial score (nSPS) is 14.8. The summed E-state index contributed by atoms with van der Waals surface area (Å²) in [5, 5.41) is 0. The maximum atomic E-state index is 11.6. The molecule has 0 heterocycles. The topological polar surface area (TPSA) is 81.4 Å². The van der Waals surface area contributed by atoms with Crippen LogP contribution >= 0.6 is 0 Å². The Kier molecular flexibility index (Phi) is 7.88. The predicted octanol–water partition coefficient (Wildman–Crippen LogP) is 1.81. The average molecular weight is 314 g/mol. The molecule has 0 radical (unpaired) electrons. The Morgan fingerprint density at radius 2 is 1.90 bits per heavy atom. The van der Waals surface area contributed by atoms with Crippen molar-refractivity contribution in [3.05, 3.63) is 35.9 Å². The molecule has 0 aromatic heterocycles. The molecule has 0 aliphatic rings. The first kappa shape index (κ1) is 18.1. The van der Waals surface area contributed by atoms with Crippen LogP contribution in [-0.2, 0) is 14.6 Å². The van der Waals surface area contributed by atoms with Crippen LogP contribution < -0.4 is 11.3 Å². The van der Waals surface area contributed by atoms with Crippen molar-refractivity contribution in [2.24, 2.45) is 5.84 Å². The van der Waals surface area contributed by atoms with Gasteiger partial charge in [0.1, 0.15) is 9.84 Å². The molecule has 21 heavy (non-hydrogen) atoms. The zero-order valence-electron chi connectivity index (χ0n) is 12.8. The van der Waals surface area contributed by atoms with Crippen molar-refractivity contribution in [2.45, 2.75) is 38.8 Å². The van der Waals surface area contributed by atoms with Crippen molar-refractivity contribution >= 4 is 9.84 Å². The Balaban J connectivity index is 2.70. The molecule has 3 N–H and O–H groups in total. The van der Waals surface area contributed by atoms with E-state index in [1.165, 1.54) is 0 Å². The van der Waals surface area contributed by atoms with Gasteiger partial charge in [0.15, 0.2) is 0 Å². The summed E-state index contributed by atoms with van der Waals surface area (Å²) in [6, 6.07) is 9.73. The van der Waals surface area contributed by atoms with Crippen LogP contribution in [0.25, 0.3) is 0 Å². The zero-order chi connectivity index (χ0) is 15.7. The predicted molar refractivity (Wildman–Crippen MR) is 85.5 cm³/mol. The van der Waals surface area contributed by atoms with Gasteiger partial charge in [0.25, 0.3) is 0 Å². The summed E-state index contributed by atoms with van der Waals surface area (Å²) in [5.74, 6) is 6.02. The largest absolute Gasteiger partial charge is 0.372 e. The highest BCUT2D eigenvalue weighted by Gasteiger charge is 2.23. The Labute approximate surface area is 127 Å². The Morgan fingerprint density at radius 3 is 2.43 bits per heavy atom. The first-order valence-corrected chi connectivity index (χ1v) is 9.19. The Hall–Kier alpha value is -0.950. The van der Waals surface area contributed by atoms with Crippen LogP contribution in [0.3, 0.4) is 0 Å². The van der Waals surface area contributed by atoms with Crippen LogP contribution in [0, 0.1) is 0 Å². The van der Waals surface area contributed by atoms with Crippen LogP contribution in [0.1, 0.15) is 38.4 Å². The van der Waals surface area contributed by atoms with E-state index in [-0.39, 0.29) is 23.7 Å². The van der Waals surface area contributed by atoms with Gasteiger partial charge in [-0.25, -0.2) is 8.42 Å². The summed E-state index contributed by atoms with van der Waals surface area (Å²) in [5.41, 5.74) is 3.81. The maximum Gasteiger partial charge on any atom is 0.150 e. The second kappa shape index (κ2) is 9.15. The molecule has 1 aromatic carbocycles. The lowest BCUT2D eigenvalue weighted by molar-refractivity contribution is 0.0307. The van der Waals surface area contributed by atoms with E-state index in [0.717, 1.165) is 5.56 Å². The van der Waals surface area contributed by atoms with Gasteiger partial charge in [0.2, 0.25) is 0 Å². The summed E-state index contributed by atoms with van der Waals surface area (Å²) in [7, 11) is -2.94. The molecule has 0 saturated heterocycles. The minimum absolute atomic E-state index is 0.112. The standard InChI is InChI=1S/C15H26N2O3S/c1-3-20-15(13-9-6-5-7-10-13)14(17-16)11-8-12-21(18,19)4-2/h5-7,9-10,14-15,17H,3-4,8,11-12,16H2,1-2H3. The first-order chi connectivity index (χ1) is 10.0. The van der Waals surface area contributed by atoms with Gasteiger partial charge in [-0.3, -0.25) is 11.3 Å². The maximum absolute atomic E-state index is 11.6. The fourth-order valence-corrected chi connectivity index (χ4v) is 3.15. The third kappa shape index (κ3) is 6.13. The molecule has 1 rings (SSSR count). The van der Waals surface area contributed by atoms with E-state index in [0.29, 0.717) is 19.4 Å². The lowest BCUT2D eigenvalue weighted by Crippen LogP contribution is -2.41. The molecule has 0 amide bonds. The molecule has 5 nitrogen and oxygen atoms in total. The average Bonchev–Trinajstić information content (AvgIpc) is 2.50. The van der Waals surface area contributed by atoms with Gasteiger partial charge in [0.05, 0.1) is 17.9 Å². The number of benzene rings is 1. The van der Waals surface area contributed by atoms with Gasteiger partial charge in [-0.2, -0.15) is 0 Å². The molecule has 0 spiro atoms. The van der Waals surface area contributed by atoms with Gasteiger partial charge in [0, 0.05) is 12.4 Å². The van der Waals surface area contributed by atoms with E-state index in [1.54, 1.807) is 6.92 Å². The second-order valence-electron chi connectivity index (χ2n) is 4.94. The minimum atomic E-state index is -2.94. The number of hydrazine groups is 1. The Morgan fingerprint density at radius 1 is 1.24 bits per heavy atom. The summed E-state index contributed by atoms with van der Waals surface area (Å²) in [6.07, 6.45) is 1.04. The van der Waals surface area contributed by atoms with Crippen LogP contribution in [0.2, 0.25) is 0 Å². The van der Waals surface area contributed by atoms with Gasteiger partial charge < -0.3 is 4.74 Å². The fourth-order valence-electron chi connectivity index (χ4n) is 2.26. The third-order valence-electron chi connectivity index (χ3n) is 3.46. The van der Waals surface area contributed by atoms with Gasteiger partial charge in [-0.05, 0) is 25.3 Å². The molecule has 0 fully saturated rings. The molecule has 0 aliphatic heterocycles. The highest BCUT2D eigenvalue weighted by atomic mass is 32.2. The summed E-state index contributed by atoms with van der Waals surface area (Å²) in [4.78, 5) is 0. The SMILES string of the molecule is CCOC(c1ccccc1)C(CCCS(=O)(=O)CC)NN. The van der Waals surface area contributed by atoms with E-state index in [9.17, 15) is 8.42 Å². The van der Waals surface area contributed by atoms with E-state index >= 15 is 0 Å². The van der Waals surface area contributed by atoms with Crippen molar-refractivity contribution in [1.82, 2.24) is 5.43 Å². The highest BCUT2D eigenvalue weighted by molar-refractivity contribution is 7.91. The number of nitrogens with two attached hydrogens (primary N) is 1. The number of nitrogens with one attached hydrogen (secondary N) is 1. The van der Waals surface area contributed by atoms with E-state index in [1.807, 2.05) is 37.3 Å². The molecule has 120 valence electrons. The molecule has 6 heteroatoms. The quantitative estimate of drug-likeness (QED) is 0.508. The molecule has 0 saturated carbocycles. The van der Waals surface area contributed by atoms with Crippen LogP contribution in [0.4, 0.5) is 0 Å². The number of sulfone groups is 1. The van der Waals surface area contributed by atoms with E-state index in [2.05, 4.69) is 5.43 Å². The molecule has 0 bridgehead atoms. The van der Waals surface area contributed by atoms with Gasteiger partial charge in [-0.15, -0.1) is 0 Å². The molecule has 1 aromatic rings. The molecular formula is C15H26N2O3S. The molecule has 2 unspecified atom stereocenters. The minimum Gasteiger partial charge on any atom is -0.372 e. The number of ether oxygens (including phenoxy) is 1. The van der Waals surface area contributed by atoms with Gasteiger partial charge in [-0.1, -0.05) is 37.3 Å². The van der Waals surface area contributed by atoms with Crippen molar-refractivity contribution < 1.29 is 13.2 Å². The number of hydrogen-bond donors (Lipinski definition) is 2. The summed E-state index contributed by atoms with van der Waals surface area (Å²) in [6.45, 7) is 4.18. The lowest BCUT2D eigenvalue weighted by Gasteiger charge is -2.27. The summed E-state index contributed by atoms with van der Waals surface area (Å²) >= 11 is 0. The van der Waals surface area contributed by atoms with Crippen LogP contribution in [-0.4, -0.2) is 32.6 Å². The summed E-state index contributed by atoms with van der Waals surface area (Å²) < 4.78 is 28.9. The lowest BCUT2D eigenvalue weighted by atomic mass is 9.99. The van der Waals surface area contributed by atoms with Crippen LogP contribution in [0.15, 0.2) is 30.3 Å². The Bertz CT molecular complexity index is 491. The first-order valence-electron chi connectivity index (χ1n) is 7.37. The number of rotatable bonds is 10. The van der Waals surface area contributed by atoms with E-state index in [4.69, 9.17) is 10.6 Å². The second-order valence-corrected chi connectivity index (χ2v) is 7.41. The highest BCUT2D eigenvalue weighted by Crippen LogP contribution is 2.23. The third-order valence-corrected chi connectivity index (χ3v) is 5.25. The zero-order valence-corrected chi connectivity index (χ0v) is 13.6. The van der Waals surface area contributed by atoms with Crippen molar-refractivity contribution in [3.63, 3.8) is 0 Å². The van der Waals surface area contributed by atoms with Crippen LogP contribution in [0.5, 0.6) is 0 Å². The molecule has 0 aliphatic carbocycles. The monoisotopic (exact) mass is 314 g/mol. The van der Waals surface area contributed by atoms with Crippen molar-refractivity contribution in [3.8, 4) is 0 Å². The van der Waals surface area contributed by atoms with Gasteiger partial charge >= 0.3 is 0 Å². The fraction of sp³-hybridized carbons (Fsp3) is 0.600. The van der Waals surface area contributed by atoms with Crippen molar-refractivity contribution in [1.29, 1.82) is 0 Å². The van der Waals surface area contributed by atoms with E-state index < -0.39 is 9.84 Å².